The average Bonchev–Trinajstić information content (AvgIpc) is 2.84. The van der Waals surface area contributed by atoms with E-state index < -0.39 is 5.41 Å². The molecule has 1 unspecified atom stereocenters. The van der Waals surface area contributed by atoms with Crippen molar-refractivity contribution in [3.63, 3.8) is 0 Å². The molecule has 6 nitrogen and oxygen atoms in total. The lowest BCUT2D eigenvalue weighted by Gasteiger charge is -2.38. The fourth-order valence-electron chi connectivity index (χ4n) is 5.30. The van der Waals surface area contributed by atoms with Crippen LogP contribution in [0.15, 0.2) is 48.5 Å². The maximum atomic E-state index is 13.6. The van der Waals surface area contributed by atoms with E-state index in [1.54, 1.807) is 6.07 Å². The maximum absolute atomic E-state index is 13.6. The van der Waals surface area contributed by atoms with Crippen LogP contribution in [0.3, 0.4) is 0 Å². The third-order valence-electron chi connectivity index (χ3n) is 7.17. The first kappa shape index (κ1) is 21.0. The molecule has 6 heteroatoms. The molecular formula is C26H30N2O4. The number of carbonyl (C=O) groups is 2. The average molecular weight is 435 g/mol. The number of benzene rings is 2. The monoisotopic (exact) mass is 434 g/mol. The maximum Gasteiger partial charge on any atom is 0.257 e. The van der Waals surface area contributed by atoms with Gasteiger partial charge < -0.3 is 19.7 Å². The molecule has 0 radical (unpaired) electrons. The summed E-state index contributed by atoms with van der Waals surface area (Å²) in [6.45, 7) is 2.49. The summed E-state index contributed by atoms with van der Waals surface area (Å²) in [5, 5.41) is 3.11. The molecule has 3 heterocycles. The smallest absolute Gasteiger partial charge is 0.257 e. The van der Waals surface area contributed by atoms with Gasteiger partial charge in [0.05, 0.1) is 17.6 Å². The van der Waals surface area contributed by atoms with Gasteiger partial charge in [0.15, 0.2) is 0 Å². The molecule has 32 heavy (non-hydrogen) atoms. The van der Waals surface area contributed by atoms with Gasteiger partial charge in [0.2, 0.25) is 5.91 Å². The number of fused-ring (bicyclic) bond motifs is 2. The number of anilines is 1. The molecule has 3 aliphatic rings. The zero-order valence-corrected chi connectivity index (χ0v) is 18.3. The standard InChI is InChI=1S/C26H30N2O4/c29-24-22-18-20(9-10-23(22)32-15-11-21-8-4-5-14-28(21)24)27-25(30)26(12-16-31-17-13-26)19-6-2-1-3-7-19/h1-3,6-7,9-10,18,21H,4-5,8,11-17H2,(H,27,30). The number of nitrogens with one attached hydrogen (secondary N) is 1. The minimum atomic E-state index is -0.637. The number of ether oxygens (including phenoxy) is 2. The van der Waals surface area contributed by atoms with Crippen molar-refractivity contribution >= 4 is 17.5 Å². The van der Waals surface area contributed by atoms with Crippen LogP contribution in [0, 0.1) is 0 Å². The fourth-order valence-corrected chi connectivity index (χ4v) is 5.30. The first-order valence-corrected chi connectivity index (χ1v) is 11.7. The Morgan fingerprint density at radius 1 is 1.00 bits per heavy atom. The van der Waals surface area contributed by atoms with Crippen molar-refractivity contribution in [2.24, 2.45) is 0 Å². The van der Waals surface area contributed by atoms with Gasteiger partial charge in [-0.15, -0.1) is 0 Å². The van der Waals surface area contributed by atoms with E-state index in [9.17, 15) is 9.59 Å². The molecule has 2 aromatic carbocycles. The van der Waals surface area contributed by atoms with Gasteiger partial charge in [-0.05, 0) is 55.9 Å². The second-order valence-electron chi connectivity index (χ2n) is 9.01. The van der Waals surface area contributed by atoms with Crippen LogP contribution >= 0.6 is 0 Å². The quantitative estimate of drug-likeness (QED) is 0.788. The van der Waals surface area contributed by atoms with Gasteiger partial charge in [-0.3, -0.25) is 9.59 Å². The van der Waals surface area contributed by atoms with E-state index in [2.05, 4.69) is 5.32 Å². The molecule has 3 aliphatic heterocycles. The first-order valence-electron chi connectivity index (χ1n) is 11.7. The molecule has 168 valence electrons. The summed E-state index contributed by atoms with van der Waals surface area (Å²) < 4.78 is 11.5. The van der Waals surface area contributed by atoms with Crippen molar-refractivity contribution in [3.05, 3.63) is 59.7 Å². The van der Waals surface area contributed by atoms with E-state index in [0.717, 1.165) is 37.8 Å². The van der Waals surface area contributed by atoms with Gasteiger partial charge in [-0.1, -0.05) is 30.3 Å². The topological polar surface area (TPSA) is 67.9 Å². The van der Waals surface area contributed by atoms with Gasteiger partial charge in [-0.25, -0.2) is 0 Å². The molecule has 2 fully saturated rings. The molecule has 2 aromatic rings. The lowest BCUT2D eigenvalue weighted by Crippen LogP contribution is -2.46. The summed E-state index contributed by atoms with van der Waals surface area (Å²) >= 11 is 0. The van der Waals surface area contributed by atoms with Crippen LogP contribution < -0.4 is 10.1 Å². The molecule has 5 rings (SSSR count). The third kappa shape index (κ3) is 3.88. The first-order chi connectivity index (χ1) is 15.7. The second kappa shape index (κ2) is 8.94. The lowest BCUT2D eigenvalue weighted by molar-refractivity contribution is -0.125. The fraction of sp³-hybridized carbons (Fsp3) is 0.462. The van der Waals surface area contributed by atoms with Crippen LogP contribution in [0.4, 0.5) is 5.69 Å². The van der Waals surface area contributed by atoms with Gasteiger partial charge in [0.25, 0.3) is 5.91 Å². The van der Waals surface area contributed by atoms with Crippen molar-refractivity contribution in [2.75, 3.05) is 31.7 Å². The van der Waals surface area contributed by atoms with Gasteiger partial charge in [0.1, 0.15) is 5.75 Å². The van der Waals surface area contributed by atoms with Crippen LogP contribution in [0.2, 0.25) is 0 Å². The summed E-state index contributed by atoms with van der Waals surface area (Å²) in [6.07, 6.45) is 5.35. The summed E-state index contributed by atoms with van der Waals surface area (Å²) in [5.74, 6) is 0.548. The van der Waals surface area contributed by atoms with E-state index in [1.165, 1.54) is 0 Å². The van der Waals surface area contributed by atoms with Gasteiger partial charge in [0, 0.05) is 37.9 Å². The Labute approximate surface area is 188 Å². The highest BCUT2D eigenvalue weighted by molar-refractivity contribution is 6.02. The number of hydrogen-bond donors (Lipinski definition) is 1. The minimum absolute atomic E-state index is 0.00402. The molecule has 1 atom stereocenters. The van der Waals surface area contributed by atoms with E-state index in [1.807, 2.05) is 47.4 Å². The highest BCUT2D eigenvalue weighted by Crippen LogP contribution is 2.37. The number of hydrogen-bond acceptors (Lipinski definition) is 4. The molecule has 0 aromatic heterocycles. The molecule has 0 saturated carbocycles. The molecule has 0 aliphatic carbocycles. The zero-order valence-electron chi connectivity index (χ0n) is 18.3. The highest BCUT2D eigenvalue weighted by atomic mass is 16.5. The predicted octanol–water partition coefficient (Wildman–Crippen LogP) is 4.15. The summed E-state index contributed by atoms with van der Waals surface area (Å²) in [7, 11) is 0. The molecule has 0 spiro atoms. The largest absolute Gasteiger partial charge is 0.493 e. The Kier molecular flexibility index (Phi) is 5.87. The Hall–Kier alpha value is -2.86. The van der Waals surface area contributed by atoms with Crippen molar-refractivity contribution in [1.82, 2.24) is 4.90 Å². The number of nitrogens with zero attached hydrogens (tertiary/aromatic N) is 1. The Morgan fingerprint density at radius 3 is 2.62 bits per heavy atom. The van der Waals surface area contributed by atoms with Crippen molar-refractivity contribution in [3.8, 4) is 5.75 Å². The number of amides is 2. The number of rotatable bonds is 3. The number of carbonyl (C=O) groups excluding carboxylic acids is 2. The van der Waals surface area contributed by atoms with E-state index >= 15 is 0 Å². The van der Waals surface area contributed by atoms with Crippen molar-refractivity contribution in [2.45, 2.75) is 50.0 Å². The third-order valence-corrected chi connectivity index (χ3v) is 7.17. The van der Waals surface area contributed by atoms with Crippen molar-refractivity contribution < 1.29 is 19.1 Å². The van der Waals surface area contributed by atoms with Crippen LogP contribution in [0.5, 0.6) is 5.75 Å². The Bertz CT molecular complexity index is 985. The minimum Gasteiger partial charge on any atom is -0.493 e. The second-order valence-corrected chi connectivity index (χ2v) is 9.01. The van der Waals surface area contributed by atoms with Crippen LogP contribution in [0.25, 0.3) is 0 Å². The normalized spacial score (nSPS) is 22.6. The Balaban J connectivity index is 1.43. The molecule has 0 bridgehead atoms. The van der Waals surface area contributed by atoms with Crippen molar-refractivity contribution in [1.29, 1.82) is 0 Å². The highest BCUT2D eigenvalue weighted by Gasteiger charge is 2.42. The van der Waals surface area contributed by atoms with E-state index in [0.29, 0.717) is 49.7 Å². The van der Waals surface area contributed by atoms with E-state index in [4.69, 9.17) is 9.47 Å². The summed E-state index contributed by atoms with van der Waals surface area (Å²) in [5.41, 5.74) is 1.53. The zero-order chi connectivity index (χ0) is 22.0. The van der Waals surface area contributed by atoms with Crippen LogP contribution in [0.1, 0.15) is 54.4 Å². The molecular weight excluding hydrogens is 404 g/mol. The summed E-state index contributed by atoms with van der Waals surface area (Å²) in [6, 6.07) is 15.6. The van der Waals surface area contributed by atoms with Crippen LogP contribution in [-0.2, 0) is 14.9 Å². The molecule has 1 N–H and O–H groups in total. The molecule has 2 saturated heterocycles. The van der Waals surface area contributed by atoms with Gasteiger partial charge in [-0.2, -0.15) is 0 Å². The van der Waals surface area contributed by atoms with Gasteiger partial charge >= 0.3 is 0 Å². The number of piperidine rings is 1. The SMILES string of the molecule is O=C1c2cc(NC(=O)C3(c4ccccc4)CCOCC3)ccc2OCCC2CCCCN12. The Morgan fingerprint density at radius 2 is 1.81 bits per heavy atom. The van der Waals surface area contributed by atoms with E-state index in [-0.39, 0.29) is 17.9 Å². The summed E-state index contributed by atoms with van der Waals surface area (Å²) in [4.78, 5) is 29.0. The molecule has 2 amide bonds. The lowest BCUT2D eigenvalue weighted by atomic mass is 9.73. The predicted molar refractivity (Wildman–Crippen MR) is 122 cm³/mol. The van der Waals surface area contributed by atoms with Crippen LogP contribution in [-0.4, -0.2) is 49.1 Å².